The van der Waals surface area contributed by atoms with E-state index >= 15 is 0 Å². The van der Waals surface area contributed by atoms with E-state index in [1.165, 1.54) is 60.1 Å². The molecule has 0 amide bonds. The maximum absolute atomic E-state index is 4.79. The van der Waals surface area contributed by atoms with E-state index in [0.29, 0.717) is 0 Å². The number of pyridine rings is 1. The van der Waals surface area contributed by atoms with Gasteiger partial charge in [-0.3, -0.25) is 4.98 Å². The molecule has 0 saturated heterocycles. The Hall–Kier alpha value is -4.75. The maximum Gasteiger partial charge on any atom is 0.0705 e. The third kappa shape index (κ3) is 3.59. The maximum atomic E-state index is 4.79. The Bertz CT molecular complexity index is 1940. The smallest absolute Gasteiger partial charge is 0.0705 e. The lowest BCUT2D eigenvalue weighted by atomic mass is 9.84. The zero-order chi connectivity index (χ0) is 25.6. The summed E-state index contributed by atoms with van der Waals surface area (Å²) in [5.74, 6) is 0. The second-order valence-electron chi connectivity index (χ2n) is 10.1. The molecule has 0 atom stereocenters. The molecule has 1 aromatic heterocycles. The van der Waals surface area contributed by atoms with Crippen molar-refractivity contribution in [1.82, 2.24) is 4.98 Å². The lowest BCUT2D eigenvalue weighted by molar-refractivity contribution is 1.21. The number of hydrogen-bond donors (Lipinski definition) is 0. The van der Waals surface area contributed by atoms with Gasteiger partial charge in [-0.25, -0.2) is 0 Å². The van der Waals surface area contributed by atoms with Gasteiger partial charge in [0.05, 0.1) is 5.69 Å². The summed E-state index contributed by atoms with van der Waals surface area (Å²) in [7, 11) is 0. The van der Waals surface area contributed by atoms with Crippen molar-refractivity contribution in [1.29, 1.82) is 0 Å². The molecule has 0 radical (unpaired) electrons. The molecule has 180 valence electrons. The van der Waals surface area contributed by atoms with Crippen LogP contribution >= 0.6 is 0 Å². The molecule has 7 aromatic rings. The highest BCUT2D eigenvalue weighted by Crippen LogP contribution is 2.45. The zero-order valence-corrected chi connectivity index (χ0v) is 21.6. The Morgan fingerprint density at radius 1 is 0.421 bits per heavy atom. The molecule has 7 rings (SSSR count). The van der Waals surface area contributed by atoms with Crippen LogP contribution in [0.5, 0.6) is 0 Å². The second-order valence-corrected chi connectivity index (χ2v) is 10.1. The van der Waals surface area contributed by atoms with Gasteiger partial charge in [-0.2, -0.15) is 0 Å². The minimum absolute atomic E-state index is 1.00. The molecule has 1 nitrogen and oxygen atoms in total. The van der Waals surface area contributed by atoms with Crippen LogP contribution in [0.15, 0.2) is 127 Å². The van der Waals surface area contributed by atoms with Gasteiger partial charge < -0.3 is 0 Å². The summed E-state index contributed by atoms with van der Waals surface area (Å²) in [5, 5.41) is 7.67. The molecular weight excluding hydrogens is 458 g/mol. The van der Waals surface area contributed by atoms with E-state index in [0.717, 1.165) is 17.0 Å². The van der Waals surface area contributed by atoms with E-state index in [1.807, 2.05) is 13.0 Å². The predicted molar refractivity (Wildman–Crippen MR) is 163 cm³/mol. The van der Waals surface area contributed by atoms with Gasteiger partial charge >= 0.3 is 0 Å². The first kappa shape index (κ1) is 22.4. The average molecular weight is 486 g/mol. The van der Waals surface area contributed by atoms with Crippen LogP contribution in [-0.4, -0.2) is 4.98 Å². The van der Waals surface area contributed by atoms with Crippen LogP contribution in [0, 0.1) is 13.8 Å². The molecule has 1 heteroatoms. The lowest BCUT2D eigenvalue weighted by Crippen LogP contribution is -1.93. The second kappa shape index (κ2) is 8.97. The van der Waals surface area contributed by atoms with E-state index in [4.69, 9.17) is 4.98 Å². The molecule has 0 aliphatic heterocycles. The average Bonchev–Trinajstić information content (AvgIpc) is 2.97. The standard InChI is InChI=1S/C37H27N/c1-24-21-22-34(29-15-4-3-14-28(24)29)37-32-18-7-5-16-30(32)36(31-17-6-8-19-33(31)37)27-13-10-12-26(23-27)35-20-9-11-25(2)38-35/h3-23H,1-2H3. The quantitative estimate of drug-likeness (QED) is 0.227. The number of nitrogens with zero attached hydrogens (tertiary/aromatic N) is 1. The molecule has 0 N–H and O–H groups in total. The molecule has 0 saturated carbocycles. The SMILES string of the molecule is Cc1cccc(-c2cccc(-c3c4ccccc4c(-c4ccc(C)c5ccccc45)c4ccccc34)c2)n1. The Kier molecular flexibility index (Phi) is 5.30. The highest BCUT2D eigenvalue weighted by atomic mass is 14.7. The van der Waals surface area contributed by atoms with Crippen molar-refractivity contribution in [2.45, 2.75) is 13.8 Å². The van der Waals surface area contributed by atoms with Crippen molar-refractivity contribution in [2.75, 3.05) is 0 Å². The zero-order valence-electron chi connectivity index (χ0n) is 21.6. The van der Waals surface area contributed by atoms with Crippen molar-refractivity contribution >= 4 is 32.3 Å². The summed E-state index contributed by atoms with van der Waals surface area (Å²) in [6, 6.07) is 46.1. The van der Waals surface area contributed by atoms with Gasteiger partial charge in [0.2, 0.25) is 0 Å². The van der Waals surface area contributed by atoms with E-state index in [2.05, 4.69) is 128 Å². The summed E-state index contributed by atoms with van der Waals surface area (Å²) < 4.78 is 0. The van der Waals surface area contributed by atoms with Crippen molar-refractivity contribution in [2.24, 2.45) is 0 Å². The Labute approximate surface area is 223 Å². The first-order valence-corrected chi connectivity index (χ1v) is 13.2. The summed E-state index contributed by atoms with van der Waals surface area (Å²) in [6.45, 7) is 4.24. The fourth-order valence-electron chi connectivity index (χ4n) is 5.94. The van der Waals surface area contributed by atoms with Crippen molar-refractivity contribution < 1.29 is 0 Å². The largest absolute Gasteiger partial charge is 0.253 e. The van der Waals surface area contributed by atoms with Crippen LogP contribution < -0.4 is 0 Å². The molecule has 6 aromatic carbocycles. The van der Waals surface area contributed by atoms with Crippen LogP contribution in [-0.2, 0) is 0 Å². The van der Waals surface area contributed by atoms with Gasteiger partial charge in [-0.05, 0) is 92.2 Å². The van der Waals surface area contributed by atoms with Crippen molar-refractivity contribution in [3.63, 3.8) is 0 Å². The summed E-state index contributed by atoms with van der Waals surface area (Å²) in [6.07, 6.45) is 0. The fraction of sp³-hybridized carbons (Fsp3) is 0.0541. The lowest BCUT2D eigenvalue weighted by Gasteiger charge is -2.19. The normalized spacial score (nSPS) is 11.4. The Morgan fingerprint density at radius 3 is 1.63 bits per heavy atom. The van der Waals surface area contributed by atoms with Crippen LogP contribution in [0.3, 0.4) is 0 Å². The molecule has 0 aliphatic rings. The van der Waals surface area contributed by atoms with Gasteiger partial charge in [0.25, 0.3) is 0 Å². The predicted octanol–water partition coefficient (Wildman–Crippen LogP) is 10.2. The van der Waals surface area contributed by atoms with Gasteiger partial charge in [0, 0.05) is 11.3 Å². The molecule has 1 heterocycles. The number of rotatable bonds is 3. The molecule has 0 unspecified atom stereocenters. The van der Waals surface area contributed by atoms with Gasteiger partial charge in [-0.1, -0.05) is 109 Å². The summed E-state index contributed by atoms with van der Waals surface area (Å²) >= 11 is 0. The monoisotopic (exact) mass is 485 g/mol. The molecule has 0 fully saturated rings. The van der Waals surface area contributed by atoms with E-state index < -0.39 is 0 Å². The topological polar surface area (TPSA) is 12.9 Å². The summed E-state index contributed by atoms with van der Waals surface area (Å²) in [5.41, 5.74) is 9.52. The van der Waals surface area contributed by atoms with Crippen LogP contribution in [0.1, 0.15) is 11.3 Å². The van der Waals surface area contributed by atoms with Crippen LogP contribution in [0.4, 0.5) is 0 Å². The highest BCUT2D eigenvalue weighted by molar-refractivity contribution is 6.23. The number of aryl methyl sites for hydroxylation is 2. The van der Waals surface area contributed by atoms with Crippen molar-refractivity contribution in [3.8, 4) is 33.5 Å². The Balaban J connectivity index is 1.58. The first-order chi connectivity index (χ1) is 18.7. The van der Waals surface area contributed by atoms with Crippen LogP contribution in [0.2, 0.25) is 0 Å². The van der Waals surface area contributed by atoms with Gasteiger partial charge in [0.15, 0.2) is 0 Å². The molecular formula is C37H27N. The number of aromatic nitrogens is 1. The summed E-state index contributed by atoms with van der Waals surface area (Å²) in [4.78, 5) is 4.79. The number of fused-ring (bicyclic) bond motifs is 3. The minimum atomic E-state index is 1.00. The molecule has 0 bridgehead atoms. The van der Waals surface area contributed by atoms with Gasteiger partial charge in [-0.15, -0.1) is 0 Å². The molecule has 0 aliphatic carbocycles. The highest BCUT2D eigenvalue weighted by Gasteiger charge is 2.18. The third-order valence-electron chi connectivity index (χ3n) is 7.68. The van der Waals surface area contributed by atoms with Crippen molar-refractivity contribution in [3.05, 3.63) is 139 Å². The van der Waals surface area contributed by atoms with Gasteiger partial charge in [0.1, 0.15) is 0 Å². The number of benzene rings is 6. The number of hydrogen-bond acceptors (Lipinski definition) is 1. The van der Waals surface area contributed by atoms with E-state index in [1.54, 1.807) is 0 Å². The van der Waals surface area contributed by atoms with E-state index in [9.17, 15) is 0 Å². The molecule has 0 spiro atoms. The third-order valence-corrected chi connectivity index (χ3v) is 7.68. The van der Waals surface area contributed by atoms with Crippen LogP contribution in [0.25, 0.3) is 65.8 Å². The fourth-order valence-corrected chi connectivity index (χ4v) is 5.94. The molecule has 38 heavy (non-hydrogen) atoms. The van der Waals surface area contributed by atoms with E-state index in [-0.39, 0.29) is 0 Å². The first-order valence-electron chi connectivity index (χ1n) is 13.2. The Morgan fingerprint density at radius 2 is 0.974 bits per heavy atom. The minimum Gasteiger partial charge on any atom is -0.253 e.